The molecule has 2 atom stereocenters. The standard InChI is InChI=1S/C13H20N2O4/c1-19-9-8-15(7-3-6-14)12(16)10-4-2-5-11(10)13(17)18/h10-11H,2-5,7-9H2,1H3,(H,17,18)/t10-,11+/m1/s1. The van der Waals surface area contributed by atoms with E-state index in [0.29, 0.717) is 32.5 Å². The lowest BCUT2D eigenvalue weighted by Crippen LogP contribution is -2.41. The van der Waals surface area contributed by atoms with E-state index in [-0.39, 0.29) is 12.3 Å². The molecule has 0 aromatic rings. The minimum Gasteiger partial charge on any atom is -0.481 e. The van der Waals surface area contributed by atoms with Crippen LogP contribution in [0.3, 0.4) is 0 Å². The van der Waals surface area contributed by atoms with Crippen LogP contribution >= 0.6 is 0 Å². The van der Waals surface area contributed by atoms with Crippen molar-refractivity contribution in [2.24, 2.45) is 11.8 Å². The molecule has 6 heteroatoms. The van der Waals surface area contributed by atoms with Gasteiger partial charge in [0.2, 0.25) is 5.91 Å². The van der Waals surface area contributed by atoms with Crippen LogP contribution in [-0.2, 0) is 14.3 Å². The second kappa shape index (κ2) is 7.74. The molecule has 0 spiro atoms. The number of carbonyl (C=O) groups excluding carboxylic acids is 1. The monoisotopic (exact) mass is 268 g/mol. The third kappa shape index (κ3) is 4.21. The molecule has 1 saturated carbocycles. The summed E-state index contributed by atoms with van der Waals surface area (Å²) in [7, 11) is 1.54. The number of amides is 1. The first-order valence-corrected chi connectivity index (χ1v) is 6.49. The van der Waals surface area contributed by atoms with E-state index in [9.17, 15) is 9.59 Å². The molecule has 0 saturated heterocycles. The molecule has 1 aliphatic carbocycles. The predicted octanol–water partition coefficient (Wildman–Crippen LogP) is 0.876. The molecule has 0 aromatic heterocycles. The van der Waals surface area contributed by atoms with E-state index in [1.807, 2.05) is 6.07 Å². The normalized spacial score (nSPS) is 21.9. The maximum Gasteiger partial charge on any atom is 0.307 e. The predicted molar refractivity (Wildman–Crippen MR) is 67.2 cm³/mol. The Labute approximate surface area is 112 Å². The van der Waals surface area contributed by atoms with Crippen molar-refractivity contribution in [3.63, 3.8) is 0 Å². The average molecular weight is 268 g/mol. The van der Waals surface area contributed by atoms with Crippen LogP contribution in [0.5, 0.6) is 0 Å². The zero-order chi connectivity index (χ0) is 14.3. The SMILES string of the molecule is COCCN(CCC#N)C(=O)[C@@H]1CCC[C@@H]1C(=O)O. The van der Waals surface area contributed by atoms with Gasteiger partial charge >= 0.3 is 5.97 Å². The molecule has 1 amide bonds. The van der Waals surface area contributed by atoms with Gasteiger partial charge in [-0.05, 0) is 12.8 Å². The molecule has 1 N–H and O–H groups in total. The molecule has 1 rings (SSSR count). The first-order chi connectivity index (χ1) is 9.11. The van der Waals surface area contributed by atoms with Crippen LogP contribution < -0.4 is 0 Å². The zero-order valence-corrected chi connectivity index (χ0v) is 11.2. The fraction of sp³-hybridized carbons (Fsp3) is 0.769. The topological polar surface area (TPSA) is 90.6 Å². The molecule has 1 fully saturated rings. The third-order valence-electron chi connectivity index (χ3n) is 3.52. The smallest absolute Gasteiger partial charge is 0.307 e. The lowest BCUT2D eigenvalue weighted by atomic mass is 9.94. The number of nitriles is 1. The molecule has 1 aliphatic rings. The molecule has 0 unspecified atom stereocenters. The Hall–Kier alpha value is -1.61. The van der Waals surface area contributed by atoms with Gasteiger partial charge in [-0.3, -0.25) is 9.59 Å². The van der Waals surface area contributed by atoms with Crippen molar-refractivity contribution in [2.75, 3.05) is 26.8 Å². The Morgan fingerprint density at radius 1 is 1.37 bits per heavy atom. The van der Waals surface area contributed by atoms with E-state index in [1.54, 1.807) is 12.0 Å². The summed E-state index contributed by atoms with van der Waals surface area (Å²) in [6, 6.07) is 2.00. The molecule has 0 aliphatic heterocycles. The third-order valence-corrected chi connectivity index (χ3v) is 3.52. The van der Waals surface area contributed by atoms with Gasteiger partial charge < -0.3 is 14.7 Å². The lowest BCUT2D eigenvalue weighted by Gasteiger charge is -2.26. The van der Waals surface area contributed by atoms with Crippen molar-refractivity contribution in [1.82, 2.24) is 4.90 Å². The summed E-state index contributed by atoms with van der Waals surface area (Å²) in [5, 5.41) is 17.7. The quantitative estimate of drug-likeness (QED) is 0.740. The lowest BCUT2D eigenvalue weighted by molar-refractivity contribution is -0.149. The van der Waals surface area contributed by atoms with Gasteiger partial charge in [-0.25, -0.2) is 0 Å². The summed E-state index contributed by atoms with van der Waals surface area (Å²) >= 11 is 0. The second-order valence-corrected chi connectivity index (χ2v) is 4.71. The van der Waals surface area contributed by atoms with Crippen LogP contribution in [0.15, 0.2) is 0 Å². The molecule has 6 nitrogen and oxygen atoms in total. The largest absolute Gasteiger partial charge is 0.481 e. The first-order valence-electron chi connectivity index (χ1n) is 6.49. The van der Waals surface area contributed by atoms with Gasteiger partial charge in [0.05, 0.1) is 30.9 Å². The summed E-state index contributed by atoms with van der Waals surface area (Å²) in [4.78, 5) is 25.0. The van der Waals surface area contributed by atoms with Gasteiger partial charge in [-0.2, -0.15) is 5.26 Å². The van der Waals surface area contributed by atoms with E-state index in [2.05, 4.69) is 0 Å². The van der Waals surface area contributed by atoms with Gasteiger partial charge in [-0.1, -0.05) is 6.42 Å². The van der Waals surface area contributed by atoms with E-state index < -0.39 is 17.8 Å². The van der Waals surface area contributed by atoms with Crippen LogP contribution in [0.25, 0.3) is 0 Å². The number of methoxy groups -OCH3 is 1. The van der Waals surface area contributed by atoms with Gasteiger partial charge in [0, 0.05) is 20.2 Å². The highest BCUT2D eigenvalue weighted by Gasteiger charge is 2.39. The molecule has 0 aromatic carbocycles. The minimum absolute atomic E-state index is 0.155. The van der Waals surface area contributed by atoms with Crippen LogP contribution in [-0.4, -0.2) is 48.7 Å². The van der Waals surface area contributed by atoms with Gasteiger partial charge in [0.1, 0.15) is 0 Å². The number of hydrogen-bond donors (Lipinski definition) is 1. The van der Waals surface area contributed by atoms with E-state index in [1.165, 1.54) is 0 Å². The first kappa shape index (κ1) is 15.4. The summed E-state index contributed by atoms with van der Waals surface area (Å²) in [6.45, 7) is 1.13. The number of nitrogens with zero attached hydrogens (tertiary/aromatic N) is 2. The number of carboxylic acid groups (broad SMARTS) is 1. The number of aliphatic carboxylic acids is 1. The summed E-state index contributed by atoms with van der Waals surface area (Å²) in [5.74, 6) is -2.09. The molecule has 19 heavy (non-hydrogen) atoms. The van der Waals surface area contributed by atoms with Crippen molar-refractivity contribution in [2.45, 2.75) is 25.7 Å². The summed E-state index contributed by atoms with van der Waals surface area (Å²) < 4.78 is 4.95. The van der Waals surface area contributed by atoms with Crippen molar-refractivity contribution >= 4 is 11.9 Å². The van der Waals surface area contributed by atoms with Crippen LogP contribution in [0.2, 0.25) is 0 Å². The number of carboxylic acids is 1. The molecule has 0 heterocycles. The molecular weight excluding hydrogens is 248 g/mol. The summed E-state index contributed by atoms with van der Waals surface area (Å²) in [6.07, 6.45) is 2.19. The number of carbonyl (C=O) groups is 2. The fourth-order valence-corrected chi connectivity index (χ4v) is 2.50. The number of hydrogen-bond acceptors (Lipinski definition) is 4. The van der Waals surface area contributed by atoms with Crippen molar-refractivity contribution in [1.29, 1.82) is 5.26 Å². The van der Waals surface area contributed by atoms with E-state index in [4.69, 9.17) is 15.1 Å². The highest BCUT2D eigenvalue weighted by atomic mass is 16.5. The Morgan fingerprint density at radius 2 is 2.05 bits per heavy atom. The Balaban J connectivity index is 2.68. The van der Waals surface area contributed by atoms with E-state index in [0.717, 1.165) is 6.42 Å². The minimum atomic E-state index is -0.900. The molecule has 0 radical (unpaired) electrons. The zero-order valence-electron chi connectivity index (χ0n) is 11.2. The van der Waals surface area contributed by atoms with Crippen LogP contribution in [0, 0.1) is 23.2 Å². The van der Waals surface area contributed by atoms with Crippen molar-refractivity contribution in [3.8, 4) is 6.07 Å². The maximum absolute atomic E-state index is 12.4. The summed E-state index contributed by atoms with van der Waals surface area (Å²) in [5.41, 5.74) is 0. The molecule has 0 bridgehead atoms. The van der Waals surface area contributed by atoms with Gasteiger partial charge in [0.25, 0.3) is 0 Å². The maximum atomic E-state index is 12.4. The van der Waals surface area contributed by atoms with Crippen LogP contribution in [0.1, 0.15) is 25.7 Å². The van der Waals surface area contributed by atoms with Crippen molar-refractivity contribution < 1.29 is 19.4 Å². The highest BCUT2D eigenvalue weighted by Crippen LogP contribution is 2.33. The molecular formula is C13H20N2O4. The van der Waals surface area contributed by atoms with Gasteiger partial charge in [0.15, 0.2) is 0 Å². The van der Waals surface area contributed by atoms with Crippen LogP contribution in [0.4, 0.5) is 0 Å². The van der Waals surface area contributed by atoms with Gasteiger partial charge in [-0.15, -0.1) is 0 Å². The Kier molecular flexibility index (Phi) is 6.30. The average Bonchev–Trinajstić information content (AvgIpc) is 2.87. The Bertz CT molecular complexity index is 364. The fourth-order valence-electron chi connectivity index (χ4n) is 2.50. The Morgan fingerprint density at radius 3 is 2.63 bits per heavy atom. The number of ether oxygens (including phenoxy) is 1. The second-order valence-electron chi connectivity index (χ2n) is 4.71. The number of rotatable bonds is 7. The molecule has 106 valence electrons. The van der Waals surface area contributed by atoms with E-state index >= 15 is 0 Å². The highest BCUT2D eigenvalue weighted by molar-refractivity contribution is 5.85. The van der Waals surface area contributed by atoms with Crippen molar-refractivity contribution in [3.05, 3.63) is 0 Å².